The number of benzene rings is 2. The van der Waals surface area contributed by atoms with Gasteiger partial charge in [0, 0.05) is 12.0 Å². The van der Waals surface area contributed by atoms with Gasteiger partial charge in [-0.15, -0.1) is 0 Å². The van der Waals surface area contributed by atoms with Gasteiger partial charge in [0.15, 0.2) is 0 Å². The van der Waals surface area contributed by atoms with E-state index in [0.29, 0.717) is 12.0 Å². The second-order valence-electron chi connectivity index (χ2n) is 6.60. The predicted molar refractivity (Wildman–Crippen MR) is 99.4 cm³/mol. The second-order valence-corrected chi connectivity index (χ2v) is 6.60. The van der Waals surface area contributed by atoms with Crippen LogP contribution in [0.2, 0.25) is 0 Å². The number of unbranched alkanes of at least 4 members (excludes halogenated alkanes) is 2. The molecule has 2 aromatic rings. The van der Waals surface area contributed by atoms with Gasteiger partial charge in [-0.05, 0) is 43.0 Å². The number of fused-ring (bicyclic) bond motifs is 2. The summed E-state index contributed by atoms with van der Waals surface area (Å²) in [4.78, 5) is 12.8. The quantitative estimate of drug-likeness (QED) is 0.397. The minimum Gasteiger partial charge on any atom is -0.459 e. The van der Waals surface area contributed by atoms with E-state index in [0.717, 1.165) is 41.9 Å². The van der Waals surface area contributed by atoms with Gasteiger partial charge in [0.1, 0.15) is 17.6 Å². The number of para-hydroxylation sites is 1. The predicted octanol–water partition coefficient (Wildman–Crippen LogP) is 5.90. The second kappa shape index (κ2) is 8.19. The van der Waals surface area contributed by atoms with Crippen molar-refractivity contribution in [2.75, 3.05) is 0 Å². The number of esters is 1. The Kier molecular flexibility index (Phi) is 5.75. The molecule has 1 heterocycles. The Morgan fingerprint density at radius 3 is 2.68 bits per heavy atom. The van der Waals surface area contributed by atoms with E-state index in [9.17, 15) is 4.79 Å². The molecule has 3 rings (SSSR count). The van der Waals surface area contributed by atoms with E-state index in [4.69, 9.17) is 9.47 Å². The number of hydrogen-bond donors (Lipinski definition) is 0. The highest BCUT2D eigenvalue weighted by atomic mass is 16.5. The first-order chi connectivity index (χ1) is 12.2. The summed E-state index contributed by atoms with van der Waals surface area (Å²) in [5.74, 6) is 1.39. The fourth-order valence-corrected chi connectivity index (χ4v) is 3.28. The van der Waals surface area contributed by atoms with Crippen LogP contribution in [-0.4, -0.2) is 12.1 Å². The first-order valence-electron chi connectivity index (χ1n) is 9.31. The van der Waals surface area contributed by atoms with Crippen molar-refractivity contribution in [2.24, 2.45) is 0 Å². The van der Waals surface area contributed by atoms with Gasteiger partial charge in [-0.1, -0.05) is 51.0 Å². The van der Waals surface area contributed by atoms with Crippen LogP contribution in [-0.2, 0) is 11.2 Å². The first-order valence-corrected chi connectivity index (χ1v) is 9.31. The van der Waals surface area contributed by atoms with Gasteiger partial charge in [0.25, 0.3) is 0 Å². The maximum Gasteiger partial charge on any atom is 0.338 e. The summed E-state index contributed by atoms with van der Waals surface area (Å²) in [5, 5.41) is 0. The molecule has 1 unspecified atom stereocenters. The topological polar surface area (TPSA) is 35.5 Å². The molecule has 0 spiro atoms. The van der Waals surface area contributed by atoms with Crippen LogP contribution in [0.5, 0.6) is 11.5 Å². The maximum absolute atomic E-state index is 12.8. The molecule has 0 fully saturated rings. The van der Waals surface area contributed by atoms with Crippen LogP contribution in [0.3, 0.4) is 0 Å². The monoisotopic (exact) mass is 338 g/mol. The molecular formula is C22H26O3. The standard InChI is InChI=1S/C22H26O3/c1-3-5-6-11-17(4-2)24-22(23)18-12-9-14-21-19(18)15-16-10-7-8-13-20(16)25-21/h7-10,12-14,17H,3-6,11,15H2,1-2H3. The third-order valence-electron chi connectivity index (χ3n) is 4.77. The van der Waals surface area contributed by atoms with Crippen LogP contribution in [0.25, 0.3) is 0 Å². The Morgan fingerprint density at radius 1 is 1.08 bits per heavy atom. The van der Waals surface area contributed by atoms with Crippen molar-refractivity contribution in [1.29, 1.82) is 0 Å². The van der Waals surface area contributed by atoms with Crippen molar-refractivity contribution in [2.45, 2.75) is 58.5 Å². The molecule has 3 heteroatoms. The van der Waals surface area contributed by atoms with Crippen LogP contribution in [0.15, 0.2) is 42.5 Å². The molecule has 25 heavy (non-hydrogen) atoms. The van der Waals surface area contributed by atoms with Crippen molar-refractivity contribution in [3.63, 3.8) is 0 Å². The number of carbonyl (C=O) groups excluding carboxylic acids is 1. The Labute approximate surface area is 150 Å². The maximum atomic E-state index is 12.8. The third-order valence-corrected chi connectivity index (χ3v) is 4.77. The van der Waals surface area contributed by atoms with Gasteiger partial charge in [-0.3, -0.25) is 0 Å². The number of ether oxygens (including phenoxy) is 2. The minimum absolute atomic E-state index is 0.00768. The van der Waals surface area contributed by atoms with E-state index < -0.39 is 0 Å². The molecule has 0 radical (unpaired) electrons. The lowest BCUT2D eigenvalue weighted by Crippen LogP contribution is -2.19. The number of carbonyl (C=O) groups is 1. The average molecular weight is 338 g/mol. The number of hydrogen-bond acceptors (Lipinski definition) is 3. The van der Waals surface area contributed by atoms with E-state index in [1.807, 2.05) is 42.5 Å². The molecule has 1 aliphatic rings. The van der Waals surface area contributed by atoms with Crippen LogP contribution in [0.4, 0.5) is 0 Å². The fraction of sp³-hybridized carbons (Fsp3) is 0.409. The highest BCUT2D eigenvalue weighted by Crippen LogP contribution is 2.38. The van der Waals surface area contributed by atoms with Crippen molar-refractivity contribution in [3.8, 4) is 11.5 Å². The van der Waals surface area contributed by atoms with Gasteiger partial charge < -0.3 is 9.47 Å². The minimum atomic E-state index is -0.233. The molecule has 132 valence electrons. The lowest BCUT2D eigenvalue weighted by Gasteiger charge is -2.23. The molecule has 3 nitrogen and oxygen atoms in total. The van der Waals surface area contributed by atoms with Gasteiger partial charge in [-0.25, -0.2) is 4.79 Å². The van der Waals surface area contributed by atoms with Gasteiger partial charge >= 0.3 is 5.97 Å². The van der Waals surface area contributed by atoms with E-state index in [1.54, 1.807) is 0 Å². The summed E-state index contributed by atoms with van der Waals surface area (Å²) in [6, 6.07) is 13.6. The fourth-order valence-electron chi connectivity index (χ4n) is 3.28. The van der Waals surface area contributed by atoms with Crippen molar-refractivity contribution in [3.05, 3.63) is 59.2 Å². The van der Waals surface area contributed by atoms with E-state index in [-0.39, 0.29) is 12.1 Å². The molecule has 0 N–H and O–H groups in total. The van der Waals surface area contributed by atoms with Crippen molar-refractivity contribution < 1.29 is 14.3 Å². The molecule has 0 bridgehead atoms. The number of rotatable bonds is 7. The van der Waals surface area contributed by atoms with Gasteiger partial charge in [0.05, 0.1) is 5.56 Å². The van der Waals surface area contributed by atoms with Crippen LogP contribution < -0.4 is 4.74 Å². The molecule has 1 aliphatic heterocycles. The molecule has 0 saturated heterocycles. The largest absolute Gasteiger partial charge is 0.459 e. The normalized spacial score (nSPS) is 13.4. The zero-order valence-corrected chi connectivity index (χ0v) is 15.1. The van der Waals surface area contributed by atoms with Gasteiger partial charge in [0.2, 0.25) is 0 Å². The van der Waals surface area contributed by atoms with E-state index in [1.165, 1.54) is 12.8 Å². The summed E-state index contributed by atoms with van der Waals surface area (Å²) in [5.41, 5.74) is 2.65. The molecule has 0 aromatic heterocycles. The summed E-state index contributed by atoms with van der Waals surface area (Å²) in [6.45, 7) is 4.25. The lowest BCUT2D eigenvalue weighted by molar-refractivity contribution is 0.0265. The summed E-state index contributed by atoms with van der Waals surface area (Å²) in [6.07, 6.45) is 5.93. The Hall–Kier alpha value is -2.29. The lowest BCUT2D eigenvalue weighted by atomic mass is 9.96. The summed E-state index contributed by atoms with van der Waals surface area (Å²) >= 11 is 0. The van der Waals surface area contributed by atoms with Gasteiger partial charge in [-0.2, -0.15) is 0 Å². The summed E-state index contributed by atoms with van der Waals surface area (Å²) in [7, 11) is 0. The van der Waals surface area contributed by atoms with E-state index in [2.05, 4.69) is 13.8 Å². The molecule has 2 aromatic carbocycles. The third kappa shape index (κ3) is 4.04. The molecule has 0 aliphatic carbocycles. The Morgan fingerprint density at radius 2 is 1.88 bits per heavy atom. The van der Waals surface area contributed by atoms with E-state index >= 15 is 0 Å². The molecule has 0 amide bonds. The van der Waals surface area contributed by atoms with Crippen LogP contribution in [0, 0.1) is 0 Å². The van der Waals surface area contributed by atoms with Crippen molar-refractivity contribution >= 4 is 5.97 Å². The van der Waals surface area contributed by atoms with Crippen LogP contribution >= 0.6 is 0 Å². The highest BCUT2D eigenvalue weighted by molar-refractivity contribution is 5.92. The van der Waals surface area contributed by atoms with Crippen LogP contribution in [0.1, 0.15) is 67.4 Å². The molecular weight excluding hydrogens is 312 g/mol. The smallest absolute Gasteiger partial charge is 0.338 e. The average Bonchev–Trinajstić information content (AvgIpc) is 2.65. The SMILES string of the molecule is CCCCCC(CC)OC(=O)c1cccc2c1Cc1ccccc1O2. The Balaban J connectivity index is 1.76. The zero-order chi connectivity index (χ0) is 17.6. The van der Waals surface area contributed by atoms with Crippen molar-refractivity contribution in [1.82, 2.24) is 0 Å². The zero-order valence-electron chi connectivity index (χ0n) is 15.1. The highest BCUT2D eigenvalue weighted by Gasteiger charge is 2.24. The first kappa shape index (κ1) is 17.5. The molecule has 0 saturated carbocycles. The summed E-state index contributed by atoms with van der Waals surface area (Å²) < 4.78 is 11.8. The molecule has 1 atom stereocenters. The Bertz CT molecular complexity index is 736.